The monoisotopic (exact) mass is 856 g/mol. The normalized spacial score (nSPS) is 28.0. The van der Waals surface area contributed by atoms with Crippen LogP contribution in [0.15, 0.2) is 77.1 Å². The number of carboxylic acids is 1. The minimum Gasteiger partial charge on any atom is -0.493 e. The number of methoxy groups -OCH3 is 1. The van der Waals surface area contributed by atoms with Gasteiger partial charge in [-0.3, -0.25) is 14.6 Å². The minimum absolute atomic E-state index is 0.000376. The fourth-order valence-corrected chi connectivity index (χ4v) is 9.46. The van der Waals surface area contributed by atoms with Gasteiger partial charge in [0.1, 0.15) is 55.0 Å². The van der Waals surface area contributed by atoms with Crippen molar-refractivity contribution in [2.75, 3.05) is 26.9 Å². The zero-order valence-electron chi connectivity index (χ0n) is 33.7. The molecule has 18 heteroatoms. The summed E-state index contributed by atoms with van der Waals surface area (Å²) in [6.07, 6.45) is -6.31. The second-order valence-electron chi connectivity index (χ2n) is 16.2. The first kappa shape index (κ1) is 41.6. The van der Waals surface area contributed by atoms with E-state index in [0.29, 0.717) is 48.1 Å². The second-order valence-corrected chi connectivity index (χ2v) is 16.2. The van der Waals surface area contributed by atoms with Gasteiger partial charge in [0.2, 0.25) is 12.0 Å². The average Bonchev–Trinajstić information content (AvgIpc) is 3.94. The van der Waals surface area contributed by atoms with Crippen LogP contribution < -0.4 is 35.2 Å². The lowest BCUT2D eigenvalue weighted by Crippen LogP contribution is -2.71. The van der Waals surface area contributed by atoms with Gasteiger partial charge in [-0.1, -0.05) is 36.4 Å². The summed E-state index contributed by atoms with van der Waals surface area (Å²) in [5, 5.41) is 54.2. The molecule has 1 saturated heterocycles. The molecule has 1 fully saturated rings. The number of aliphatic hydroxyl groups is 4. The molecule has 0 aromatic heterocycles. The number of nitrogens with two attached hydrogens (primary N) is 2. The summed E-state index contributed by atoms with van der Waals surface area (Å²) >= 11 is 0. The van der Waals surface area contributed by atoms with Crippen molar-refractivity contribution in [1.82, 2.24) is 4.90 Å². The molecule has 0 amide bonds. The molecule has 0 radical (unpaired) electrons. The summed E-state index contributed by atoms with van der Waals surface area (Å²) in [4.78, 5) is 30.3. The zero-order valence-corrected chi connectivity index (χ0v) is 33.7. The van der Waals surface area contributed by atoms with Crippen LogP contribution in [0.3, 0.4) is 0 Å². The predicted molar refractivity (Wildman–Crippen MR) is 217 cm³/mol. The second kappa shape index (κ2) is 16.5. The third kappa shape index (κ3) is 7.30. The van der Waals surface area contributed by atoms with Crippen LogP contribution in [0.1, 0.15) is 52.7 Å². The minimum atomic E-state index is -2.22. The Bertz CT molecular complexity index is 2340. The fourth-order valence-electron chi connectivity index (χ4n) is 9.46. The number of benzene rings is 3. The molecular weight excluding hydrogens is 808 g/mol. The lowest BCUT2D eigenvalue weighted by molar-refractivity contribution is -0.329. The molecular formula is C44H48N4O14. The van der Waals surface area contributed by atoms with Crippen LogP contribution in [0.4, 0.5) is 0 Å². The Morgan fingerprint density at radius 1 is 1.08 bits per heavy atom. The van der Waals surface area contributed by atoms with Crippen molar-refractivity contribution in [2.24, 2.45) is 16.5 Å². The molecule has 18 nitrogen and oxygen atoms in total. The number of allylic oxidation sites excluding steroid dienone is 1. The number of carbonyl (C=O) groups is 2. The largest absolute Gasteiger partial charge is 0.493 e. The van der Waals surface area contributed by atoms with Crippen LogP contribution in [-0.2, 0) is 38.4 Å². The van der Waals surface area contributed by atoms with Crippen molar-refractivity contribution in [1.29, 1.82) is 0 Å². The van der Waals surface area contributed by atoms with E-state index < -0.39 is 73.0 Å². The fraction of sp³-hybridized carbons (Fsp3) is 0.432. The Kier molecular flexibility index (Phi) is 11.1. The third-order valence-corrected chi connectivity index (χ3v) is 12.3. The number of esters is 1. The number of carboxylic acid groups (broad SMARTS) is 1. The van der Waals surface area contributed by atoms with Gasteiger partial charge in [-0.25, -0.2) is 0 Å². The SMILES string of the molecule is COc1ccc2c(c1OCCO)OC1c3c(cc4c(c3CN3C=C5N=CC=C5C3)CCC3(O)C(O4)OC(C(OC(=O)CC(=O)O)C(N)N)C(O)C3O)OC(Cc3ccccc3)C21. The lowest BCUT2D eigenvalue weighted by Gasteiger charge is -2.48. The maximum Gasteiger partial charge on any atom is 0.317 e. The van der Waals surface area contributed by atoms with Crippen molar-refractivity contribution in [3.8, 4) is 28.7 Å². The number of rotatable bonds is 13. The summed E-state index contributed by atoms with van der Waals surface area (Å²) < 4.78 is 43.9. The number of hydrogen-bond acceptors (Lipinski definition) is 17. The number of aliphatic carboxylic acids is 1. The van der Waals surface area contributed by atoms with Crippen LogP contribution in [-0.4, -0.2) is 124 Å². The van der Waals surface area contributed by atoms with Gasteiger partial charge in [0.15, 0.2) is 23.2 Å². The first-order chi connectivity index (χ1) is 29.9. The van der Waals surface area contributed by atoms with Crippen LogP contribution >= 0.6 is 0 Å². The zero-order chi connectivity index (χ0) is 43.4. The van der Waals surface area contributed by atoms with Gasteiger partial charge in [0.25, 0.3) is 0 Å². The first-order valence-corrected chi connectivity index (χ1v) is 20.4. The number of ether oxygens (including phenoxy) is 7. The predicted octanol–water partition coefficient (Wildman–Crippen LogP) is 1.09. The van der Waals surface area contributed by atoms with E-state index in [1.165, 1.54) is 7.11 Å². The molecule has 9 atom stereocenters. The number of carbonyl (C=O) groups excluding carboxylic acids is 1. The first-order valence-electron chi connectivity index (χ1n) is 20.4. The molecule has 9 N–H and O–H groups in total. The molecule has 328 valence electrons. The summed E-state index contributed by atoms with van der Waals surface area (Å²) in [5.74, 6) is -1.10. The van der Waals surface area contributed by atoms with Gasteiger partial charge in [0, 0.05) is 60.3 Å². The highest BCUT2D eigenvalue weighted by Gasteiger charge is 2.60. The van der Waals surface area contributed by atoms with Crippen molar-refractivity contribution < 1.29 is 68.3 Å². The Labute approximate surface area is 355 Å². The number of nitrogens with zero attached hydrogens (tertiary/aromatic N) is 2. The number of aliphatic hydroxyl groups excluding tert-OH is 3. The van der Waals surface area contributed by atoms with E-state index in [2.05, 4.69) is 9.89 Å². The van der Waals surface area contributed by atoms with Gasteiger partial charge in [-0.15, -0.1) is 0 Å². The van der Waals surface area contributed by atoms with Crippen molar-refractivity contribution >= 4 is 18.2 Å². The molecule has 3 aromatic carbocycles. The van der Waals surface area contributed by atoms with E-state index in [0.717, 1.165) is 33.5 Å². The Morgan fingerprint density at radius 2 is 1.89 bits per heavy atom. The summed E-state index contributed by atoms with van der Waals surface area (Å²) in [5.41, 5.74) is 15.6. The van der Waals surface area contributed by atoms with Crippen LogP contribution in [0, 0.1) is 0 Å². The molecule has 0 bridgehead atoms. The maximum absolute atomic E-state index is 12.5. The van der Waals surface area contributed by atoms with Crippen molar-refractivity contribution in [3.63, 3.8) is 0 Å². The van der Waals surface area contributed by atoms with E-state index >= 15 is 0 Å². The Balaban J connectivity index is 1.16. The molecule has 0 spiro atoms. The highest BCUT2D eigenvalue weighted by molar-refractivity contribution is 5.90. The highest BCUT2D eigenvalue weighted by atomic mass is 16.7. The van der Waals surface area contributed by atoms with Gasteiger partial charge in [-0.2, -0.15) is 0 Å². The molecule has 0 aliphatic carbocycles. The number of aliphatic imine (C=N–C) groups is 1. The molecule has 6 aliphatic heterocycles. The molecule has 6 heterocycles. The molecule has 9 rings (SSSR count). The van der Waals surface area contributed by atoms with Gasteiger partial charge >= 0.3 is 11.9 Å². The van der Waals surface area contributed by atoms with Crippen molar-refractivity contribution in [3.05, 3.63) is 99.9 Å². The maximum atomic E-state index is 12.5. The van der Waals surface area contributed by atoms with Gasteiger partial charge < -0.3 is 75.1 Å². The average molecular weight is 857 g/mol. The molecule has 9 unspecified atom stereocenters. The summed E-state index contributed by atoms with van der Waals surface area (Å²) in [7, 11) is 1.53. The van der Waals surface area contributed by atoms with Gasteiger partial charge in [-0.05, 0) is 36.1 Å². The number of hydrogen-bond donors (Lipinski definition) is 7. The van der Waals surface area contributed by atoms with Crippen LogP contribution in [0.5, 0.6) is 28.7 Å². The third-order valence-electron chi connectivity index (χ3n) is 12.3. The Hall–Kier alpha value is -5.73. The standard InChI is InChI=1S/C44H48N4O14/c1-56-27-8-7-24-33-29(15-21-5-3-2-4-6-21)58-30-16-28-23(9-11-44(55)41(54)35(53)39(62-43(44)59-28)40(42(45)46)60-32(52)17-31(50)51)25(19-48-18-22-10-12-47-26(22)20-48)34(30)38(33)61-36(24)37(27)57-14-13-49/h2-8,10,12,16,20,29,33,35,38-43,49,53-55H,9,11,13-15,17-19,45-46H2,1H3,(H,50,51). The van der Waals surface area contributed by atoms with Crippen LogP contribution in [0.25, 0.3) is 0 Å². The van der Waals surface area contributed by atoms with Crippen molar-refractivity contribution in [2.45, 2.75) is 92.8 Å². The smallest absolute Gasteiger partial charge is 0.317 e. The quantitative estimate of drug-likeness (QED) is 0.0721. The molecule has 62 heavy (non-hydrogen) atoms. The van der Waals surface area contributed by atoms with E-state index in [1.807, 2.05) is 54.7 Å². The van der Waals surface area contributed by atoms with Crippen LogP contribution in [0.2, 0.25) is 0 Å². The van der Waals surface area contributed by atoms with E-state index in [1.54, 1.807) is 12.3 Å². The summed E-state index contributed by atoms with van der Waals surface area (Å²) in [6, 6.07) is 15.4. The topological polar surface area (TPSA) is 268 Å². The van der Waals surface area contributed by atoms with E-state index in [9.17, 15) is 30.0 Å². The Morgan fingerprint density at radius 3 is 2.61 bits per heavy atom. The molecule has 0 saturated carbocycles. The highest BCUT2D eigenvalue weighted by Crippen LogP contribution is 2.60. The van der Waals surface area contributed by atoms with E-state index in [-0.39, 0.29) is 37.7 Å². The molecule has 6 aliphatic rings. The van der Waals surface area contributed by atoms with Gasteiger partial charge in [0.05, 0.1) is 31.5 Å². The lowest BCUT2D eigenvalue weighted by atomic mass is 9.78. The number of fused-ring (bicyclic) bond motifs is 8. The summed E-state index contributed by atoms with van der Waals surface area (Å²) in [6.45, 7) is 0.643. The van der Waals surface area contributed by atoms with E-state index in [4.69, 9.17) is 49.7 Å². The molecule has 3 aromatic rings.